The summed E-state index contributed by atoms with van der Waals surface area (Å²) in [4.78, 5) is 29.5. The normalized spacial score (nSPS) is 19.7. The van der Waals surface area contributed by atoms with Crippen LogP contribution < -0.4 is 4.90 Å². The van der Waals surface area contributed by atoms with Crippen molar-refractivity contribution < 1.29 is 4.79 Å². The average Bonchev–Trinajstić information content (AvgIpc) is 3.22. The van der Waals surface area contributed by atoms with Gasteiger partial charge in [-0.1, -0.05) is 6.07 Å². The third kappa shape index (κ3) is 4.04. The molecule has 0 radical (unpaired) electrons. The Morgan fingerprint density at radius 1 is 1.12 bits per heavy atom. The Hall–Kier alpha value is -1.99. The molecule has 2 aromatic heterocycles. The van der Waals surface area contributed by atoms with Crippen LogP contribution in [0.5, 0.6) is 0 Å². The highest BCUT2D eigenvalue weighted by Crippen LogP contribution is 2.23. The van der Waals surface area contributed by atoms with Crippen LogP contribution >= 0.6 is 11.3 Å². The van der Waals surface area contributed by atoms with Gasteiger partial charge in [0.1, 0.15) is 5.82 Å². The molecule has 26 heavy (non-hydrogen) atoms. The second-order valence-electron chi connectivity index (χ2n) is 7.01. The van der Waals surface area contributed by atoms with Crippen molar-refractivity contribution in [2.75, 3.05) is 44.2 Å². The molecule has 0 aliphatic carbocycles. The molecule has 0 aromatic carbocycles. The number of carbonyl (C=O) groups excluding carboxylic acids is 1. The summed E-state index contributed by atoms with van der Waals surface area (Å²) in [5, 5.41) is 2.13. The summed E-state index contributed by atoms with van der Waals surface area (Å²) in [7, 11) is 0. The highest BCUT2D eigenvalue weighted by molar-refractivity contribution is 7.09. The number of carbonyl (C=O) groups is 1. The molecule has 2 aromatic rings. The Morgan fingerprint density at radius 3 is 2.58 bits per heavy atom. The van der Waals surface area contributed by atoms with E-state index in [2.05, 4.69) is 42.2 Å². The molecule has 2 aliphatic rings. The van der Waals surface area contributed by atoms with Crippen LogP contribution in [0.15, 0.2) is 36.1 Å². The molecule has 0 spiro atoms. The lowest BCUT2D eigenvalue weighted by atomic mass is 9.95. The first-order valence-electron chi connectivity index (χ1n) is 9.34. The Morgan fingerprint density at radius 2 is 1.92 bits per heavy atom. The Labute approximate surface area is 158 Å². The fraction of sp³-hybridized carbons (Fsp3) is 0.526. The van der Waals surface area contributed by atoms with Gasteiger partial charge in [0.15, 0.2) is 0 Å². The van der Waals surface area contributed by atoms with Gasteiger partial charge in [0.25, 0.3) is 0 Å². The molecule has 4 rings (SSSR count). The topological polar surface area (TPSA) is 52.6 Å². The minimum absolute atomic E-state index is 0.159. The molecule has 0 unspecified atom stereocenters. The second kappa shape index (κ2) is 8.14. The predicted octanol–water partition coefficient (Wildman–Crippen LogP) is 2.10. The first-order chi connectivity index (χ1) is 12.8. The van der Waals surface area contributed by atoms with E-state index in [9.17, 15) is 4.79 Å². The van der Waals surface area contributed by atoms with Crippen molar-refractivity contribution in [1.29, 1.82) is 0 Å². The zero-order valence-corrected chi connectivity index (χ0v) is 15.8. The second-order valence-corrected chi connectivity index (χ2v) is 8.04. The van der Waals surface area contributed by atoms with Gasteiger partial charge in [0.2, 0.25) is 5.91 Å². The summed E-state index contributed by atoms with van der Waals surface area (Å²) in [6.45, 7) is 6.43. The van der Waals surface area contributed by atoms with E-state index in [1.54, 1.807) is 18.6 Å². The summed E-state index contributed by atoms with van der Waals surface area (Å²) in [6.07, 6.45) is 7.03. The van der Waals surface area contributed by atoms with Gasteiger partial charge in [0, 0.05) is 69.0 Å². The van der Waals surface area contributed by atoms with Gasteiger partial charge < -0.3 is 9.80 Å². The van der Waals surface area contributed by atoms with E-state index in [0.717, 1.165) is 64.5 Å². The van der Waals surface area contributed by atoms with Crippen LogP contribution in [-0.4, -0.2) is 64.9 Å². The molecule has 6 nitrogen and oxygen atoms in total. The summed E-state index contributed by atoms with van der Waals surface area (Å²) >= 11 is 1.81. The van der Waals surface area contributed by atoms with E-state index in [1.807, 2.05) is 11.3 Å². The third-order valence-corrected chi connectivity index (χ3v) is 6.22. The van der Waals surface area contributed by atoms with Gasteiger partial charge in [-0.3, -0.25) is 14.7 Å². The quantitative estimate of drug-likeness (QED) is 0.824. The van der Waals surface area contributed by atoms with Gasteiger partial charge in [-0.15, -0.1) is 11.3 Å². The molecule has 4 heterocycles. The molecule has 138 valence electrons. The highest BCUT2D eigenvalue weighted by Gasteiger charge is 2.30. The van der Waals surface area contributed by atoms with Crippen LogP contribution in [0.2, 0.25) is 0 Å². The van der Waals surface area contributed by atoms with E-state index in [0.29, 0.717) is 5.91 Å². The number of rotatable bonds is 4. The number of piperazine rings is 1. The van der Waals surface area contributed by atoms with Crippen molar-refractivity contribution >= 4 is 23.1 Å². The van der Waals surface area contributed by atoms with Crippen LogP contribution in [0.4, 0.5) is 5.82 Å². The standard InChI is InChI=1S/C19H25N5OS/c25-19(16-3-7-23(8-4-16)18-14-20-5-6-21-18)24-11-9-22(10-12-24)15-17-2-1-13-26-17/h1-2,5-6,13-14,16H,3-4,7-12,15H2. The number of hydrogen-bond donors (Lipinski definition) is 0. The first-order valence-corrected chi connectivity index (χ1v) is 10.2. The number of anilines is 1. The van der Waals surface area contributed by atoms with Crippen molar-refractivity contribution in [2.45, 2.75) is 19.4 Å². The summed E-state index contributed by atoms with van der Waals surface area (Å²) in [5.41, 5.74) is 0. The van der Waals surface area contributed by atoms with E-state index < -0.39 is 0 Å². The minimum atomic E-state index is 0.159. The molecule has 1 amide bonds. The predicted molar refractivity (Wildman–Crippen MR) is 103 cm³/mol. The zero-order chi connectivity index (χ0) is 17.8. The minimum Gasteiger partial charge on any atom is -0.355 e. The van der Waals surface area contributed by atoms with Crippen molar-refractivity contribution in [3.05, 3.63) is 41.0 Å². The summed E-state index contributed by atoms with van der Waals surface area (Å²) in [5.74, 6) is 1.42. The number of aromatic nitrogens is 2. The molecular formula is C19H25N5OS. The highest BCUT2D eigenvalue weighted by atomic mass is 32.1. The molecule has 2 saturated heterocycles. The molecule has 0 saturated carbocycles. The number of amides is 1. The van der Waals surface area contributed by atoms with E-state index in [4.69, 9.17) is 0 Å². The number of nitrogens with zero attached hydrogens (tertiary/aromatic N) is 5. The Bertz CT molecular complexity index is 692. The Balaban J connectivity index is 1.24. The molecule has 7 heteroatoms. The van der Waals surface area contributed by atoms with Crippen LogP contribution in [-0.2, 0) is 11.3 Å². The maximum atomic E-state index is 12.9. The lowest BCUT2D eigenvalue weighted by Crippen LogP contribution is -2.51. The maximum absolute atomic E-state index is 12.9. The SMILES string of the molecule is O=C(C1CCN(c2cnccn2)CC1)N1CCN(Cc2cccs2)CC1. The van der Waals surface area contributed by atoms with Gasteiger partial charge in [-0.05, 0) is 24.3 Å². The zero-order valence-electron chi connectivity index (χ0n) is 15.0. The number of piperidine rings is 1. The fourth-order valence-corrected chi connectivity index (χ4v) is 4.56. The third-order valence-electron chi connectivity index (χ3n) is 5.36. The Kier molecular flexibility index (Phi) is 5.45. The van der Waals surface area contributed by atoms with Gasteiger partial charge in [-0.25, -0.2) is 4.98 Å². The van der Waals surface area contributed by atoms with Gasteiger partial charge in [0.05, 0.1) is 6.20 Å². The van der Waals surface area contributed by atoms with Crippen molar-refractivity contribution in [2.24, 2.45) is 5.92 Å². The smallest absolute Gasteiger partial charge is 0.225 e. The van der Waals surface area contributed by atoms with E-state index in [1.165, 1.54) is 4.88 Å². The van der Waals surface area contributed by atoms with Crippen molar-refractivity contribution in [1.82, 2.24) is 19.8 Å². The molecule has 2 aliphatic heterocycles. The van der Waals surface area contributed by atoms with Crippen LogP contribution in [0.25, 0.3) is 0 Å². The lowest BCUT2D eigenvalue weighted by molar-refractivity contribution is -0.138. The summed E-state index contributed by atoms with van der Waals surface area (Å²) < 4.78 is 0. The number of thiophene rings is 1. The molecule has 0 N–H and O–H groups in total. The fourth-order valence-electron chi connectivity index (χ4n) is 3.82. The molecular weight excluding hydrogens is 346 g/mol. The average molecular weight is 372 g/mol. The molecule has 0 bridgehead atoms. The van der Waals surface area contributed by atoms with Crippen LogP contribution in [0, 0.1) is 5.92 Å². The van der Waals surface area contributed by atoms with Gasteiger partial charge in [-0.2, -0.15) is 0 Å². The van der Waals surface area contributed by atoms with Crippen molar-refractivity contribution in [3.63, 3.8) is 0 Å². The number of hydrogen-bond acceptors (Lipinski definition) is 6. The van der Waals surface area contributed by atoms with E-state index >= 15 is 0 Å². The maximum Gasteiger partial charge on any atom is 0.225 e. The molecule has 0 atom stereocenters. The van der Waals surface area contributed by atoms with Crippen molar-refractivity contribution in [3.8, 4) is 0 Å². The van der Waals surface area contributed by atoms with Crippen LogP contribution in [0.3, 0.4) is 0 Å². The molecule has 2 fully saturated rings. The largest absolute Gasteiger partial charge is 0.355 e. The van der Waals surface area contributed by atoms with E-state index in [-0.39, 0.29) is 5.92 Å². The first kappa shape index (κ1) is 17.4. The van der Waals surface area contributed by atoms with Crippen LogP contribution in [0.1, 0.15) is 17.7 Å². The van der Waals surface area contributed by atoms with Gasteiger partial charge >= 0.3 is 0 Å². The lowest BCUT2D eigenvalue weighted by Gasteiger charge is -2.38. The summed E-state index contributed by atoms with van der Waals surface area (Å²) in [6, 6.07) is 4.29. The monoisotopic (exact) mass is 371 g/mol.